The molecule has 0 unspecified atom stereocenters. The van der Waals surface area contributed by atoms with Crippen LogP contribution in [0.25, 0.3) is 38.8 Å². The molecular weight excluding hydrogens is 970 g/mol. The number of aromatic nitrogens is 2. The summed E-state index contributed by atoms with van der Waals surface area (Å²) in [6, 6.07) is 35.1. The smallest absolute Gasteiger partial charge is 0.503 e. The zero-order valence-electron chi connectivity index (χ0n) is 39.3. The van der Waals surface area contributed by atoms with Crippen LogP contribution >= 0.6 is 11.8 Å². The van der Waals surface area contributed by atoms with Crippen molar-refractivity contribution in [3.8, 4) is 28.3 Å². The van der Waals surface area contributed by atoms with E-state index in [0.29, 0.717) is 23.3 Å². The van der Waals surface area contributed by atoms with Crippen LogP contribution in [0.15, 0.2) is 84.0 Å². The van der Waals surface area contributed by atoms with E-state index in [9.17, 15) is 0 Å². The van der Waals surface area contributed by atoms with E-state index < -0.39 is 0 Å². The van der Waals surface area contributed by atoms with E-state index in [-0.39, 0.29) is 42.2 Å². The van der Waals surface area contributed by atoms with Gasteiger partial charge >= 0.3 is 21.1 Å². The van der Waals surface area contributed by atoms with Crippen molar-refractivity contribution in [1.29, 1.82) is 0 Å². The normalized spacial score (nSPS) is 19.7. The van der Waals surface area contributed by atoms with Crippen molar-refractivity contribution >= 4 is 38.7 Å². The average molecular weight is 1030 g/mol. The Morgan fingerprint density at radius 1 is 0.778 bits per heavy atom. The molecule has 0 saturated heterocycles. The van der Waals surface area contributed by atoms with Crippen LogP contribution in [-0.4, -0.2) is 20.1 Å². The largest absolute Gasteiger partial charge is 2.00 e. The molecular formula is C57H59N3OPtS. The molecule has 3 aliphatic rings. The van der Waals surface area contributed by atoms with Gasteiger partial charge in [0.1, 0.15) is 5.65 Å². The number of hydrogen-bond donors (Lipinski definition) is 0. The number of benzene rings is 5. The van der Waals surface area contributed by atoms with Crippen molar-refractivity contribution in [1.82, 2.24) is 9.55 Å². The molecule has 0 spiro atoms. The Balaban J connectivity index is 0.00000504. The van der Waals surface area contributed by atoms with Gasteiger partial charge in [-0.15, -0.1) is 40.6 Å². The monoisotopic (exact) mass is 1030 g/mol. The second-order valence-electron chi connectivity index (χ2n) is 21.0. The molecule has 1 aliphatic carbocycles. The molecule has 2 atom stereocenters. The Morgan fingerprint density at radius 3 is 2.17 bits per heavy atom. The molecule has 324 valence electrons. The second-order valence-corrected chi connectivity index (χ2v) is 22.4. The Hall–Kier alpha value is -4.44. The predicted octanol–water partition coefficient (Wildman–Crippen LogP) is 15.1. The van der Waals surface area contributed by atoms with Gasteiger partial charge in [0, 0.05) is 33.5 Å². The fraction of sp³-hybridized carbons (Fsp3) is 0.368. The number of aliphatic imine (C=N–C) groups is 1. The Bertz CT molecular complexity index is 3060. The molecule has 5 aromatic carbocycles. The maximum absolute atomic E-state index is 7.16. The van der Waals surface area contributed by atoms with Crippen molar-refractivity contribution in [2.24, 2.45) is 4.99 Å². The van der Waals surface area contributed by atoms with Gasteiger partial charge in [0.2, 0.25) is 0 Å². The number of fused-ring (bicyclic) bond motifs is 8. The zero-order valence-corrected chi connectivity index (χ0v) is 42.4. The van der Waals surface area contributed by atoms with Crippen LogP contribution in [-0.2, 0) is 43.1 Å². The van der Waals surface area contributed by atoms with Gasteiger partial charge in [-0.05, 0) is 125 Å². The third kappa shape index (κ3) is 6.48. The van der Waals surface area contributed by atoms with Crippen LogP contribution in [0.4, 0.5) is 0 Å². The first kappa shape index (κ1) is 43.8. The fourth-order valence-electron chi connectivity index (χ4n) is 10.7. The van der Waals surface area contributed by atoms with Gasteiger partial charge in [-0.2, -0.15) is 6.07 Å². The van der Waals surface area contributed by atoms with Crippen LogP contribution in [0.1, 0.15) is 149 Å². The van der Waals surface area contributed by atoms with Gasteiger partial charge in [-0.1, -0.05) is 129 Å². The summed E-state index contributed by atoms with van der Waals surface area (Å²) in [5.41, 5.74) is 19.1. The minimum atomic E-state index is -0.288. The standard InChI is InChI=1S/C57H59N3OS.Pt/c1-31(2)40-17-15-18-41(32(3)4)50(40)36-24-37(53-59-56(13)30-44-35(7)33(5)20-21-45(44)57(56,14)62-53)26-39(25-36)61-49-29-48-46(23-34(49)6)55(11,12)47-28-38(54(8,9)10)27-43-42-19-16-22-58-52(42)60(48)51(43)47;/h15-25,27-28,31-32H,30H2,1-14H3;/q-2;+2/t56-,57+;/m1./s1. The second kappa shape index (κ2) is 14.8. The van der Waals surface area contributed by atoms with Gasteiger partial charge in [0.05, 0.1) is 15.8 Å². The first-order valence-electron chi connectivity index (χ1n) is 22.5. The van der Waals surface area contributed by atoms with Crippen molar-refractivity contribution < 1.29 is 25.8 Å². The topological polar surface area (TPSA) is 39.4 Å². The molecule has 7 aromatic rings. The first-order valence-corrected chi connectivity index (χ1v) is 23.3. The molecule has 0 N–H and O–H groups in total. The minimum Gasteiger partial charge on any atom is -0.503 e. The van der Waals surface area contributed by atoms with Gasteiger partial charge in [0.25, 0.3) is 0 Å². The van der Waals surface area contributed by atoms with Crippen molar-refractivity contribution in [2.45, 2.75) is 136 Å². The maximum Gasteiger partial charge on any atom is 2.00 e. The van der Waals surface area contributed by atoms with E-state index in [1.165, 1.54) is 66.5 Å². The van der Waals surface area contributed by atoms with E-state index >= 15 is 0 Å². The Labute approximate surface area is 393 Å². The van der Waals surface area contributed by atoms with Gasteiger partial charge in [0.15, 0.2) is 0 Å². The summed E-state index contributed by atoms with van der Waals surface area (Å²) in [7, 11) is 0. The van der Waals surface area contributed by atoms with Crippen molar-refractivity contribution in [2.75, 3.05) is 0 Å². The Kier molecular flexibility index (Phi) is 10.3. The Morgan fingerprint density at radius 2 is 1.49 bits per heavy atom. The molecule has 63 heavy (non-hydrogen) atoms. The van der Waals surface area contributed by atoms with Crippen LogP contribution in [0, 0.1) is 32.9 Å². The molecule has 2 aliphatic heterocycles. The molecule has 0 saturated carbocycles. The van der Waals surface area contributed by atoms with Crippen LogP contribution in [0.3, 0.4) is 0 Å². The number of aryl methyl sites for hydroxylation is 2. The zero-order chi connectivity index (χ0) is 44.0. The summed E-state index contributed by atoms with van der Waals surface area (Å²) < 4.78 is 9.30. The third-order valence-electron chi connectivity index (χ3n) is 14.8. The van der Waals surface area contributed by atoms with Gasteiger partial charge in [-0.3, -0.25) is 0 Å². The van der Waals surface area contributed by atoms with Gasteiger partial charge < -0.3 is 14.3 Å². The molecule has 4 heterocycles. The predicted molar refractivity (Wildman–Crippen MR) is 261 cm³/mol. The number of nitrogens with zero attached hydrogens (tertiary/aromatic N) is 3. The number of rotatable bonds is 6. The SMILES string of the molecule is Cc1cc2c([c-]c1Oc1[c-]c(C3=N[C@]4(C)Cc5c(ccc(C)c5C)[C@]4(C)S3)cc(-c3c(C(C)C)cccc3C(C)C)c1)-n1c3ncccc3c3cc(C(C)(C)C)cc(c31)C2(C)C.[Pt+2]. The van der Waals surface area contributed by atoms with E-state index in [1.54, 1.807) is 0 Å². The fourth-order valence-corrected chi connectivity index (χ4v) is 12.2. The van der Waals surface area contributed by atoms with Crippen molar-refractivity contribution in [3.05, 3.63) is 152 Å². The average Bonchev–Trinajstić information content (AvgIpc) is 3.77. The number of pyridine rings is 1. The molecule has 2 aromatic heterocycles. The van der Waals surface area contributed by atoms with Crippen LogP contribution < -0.4 is 4.74 Å². The number of ether oxygens (including phenoxy) is 1. The minimum absolute atomic E-state index is 0. The molecule has 0 fully saturated rings. The van der Waals surface area contributed by atoms with Crippen LogP contribution in [0.5, 0.6) is 11.5 Å². The van der Waals surface area contributed by atoms with Gasteiger partial charge in [-0.25, -0.2) is 4.98 Å². The molecule has 0 bridgehead atoms. The summed E-state index contributed by atoms with van der Waals surface area (Å²) in [6.07, 6.45) is 2.83. The van der Waals surface area contributed by atoms with E-state index in [1.807, 2.05) is 18.0 Å². The van der Waals surface area contributed by atoms with Crippen molar-refractivity contribution in [3.63, 3.8) is 0 Å². The molecule has 10 rings (SSSR count). The molecule has 0 amide bonds. The van der Waals surface area contributed by atoms with E-state index in [2.05, 4.69) is 186 Å². The van der Waals surface area contributed by atoms with E-state index in [4.69, 9.17) is 14.7 Å². The number of thioether (sulfide) groups is 1. The molecule has 6 heteroatoms. The summed E-state index contributed by atoms with van der Waals surface area (Å²) in [5, 5.41) is 3.40. The summed E-state index contributed by atoms with van der Waals surface area (Å²) >= 11 is 1.89. The maximum atomic E-state index is 7.16. The summed E-state index contributed by atoms with van der Waals surface area (Å²) in [6.45, 7) is 32.2. The number of hydrogen-bond acceptors (Lipinski definition) is 4. The summed E-state index contributed by atoms with van der Waals surface area (Å²) in [4.78, 5) is 10.7. The van der Waals surface area contributed by atoms with E-state index in [0.717, 1.165) is 44.9 Å². The third-order valence-corrected chi connectivity index (χ3v) is 16.4. The quantitative estimate of drug-likeness (QED) is 0.156. The molecule has 0 radical (unpaired) electrons. The van der Waals surface area contributed by atoms with Crippen LogP contribution in [0.2, 0.25) is 0 Å². The first-order chi connectivity index (χ1) is 29.2. The molecule has 4 nitrogen and oxygen atoms in total. The summed E-state index contributed by atoms with van der Waals surface area (Å²) in [5.74, 6) is 2.03.